The summed E-state index contributed by atoms with van der Waals surface area (Å²) < 4.78 is 5.06. The molecule has 1 N–H and O–H groups in total. The Bertz CT molecular complexity index is 248. The highest BCUT2D eigenvalue weighted by atomic mass is 16.5. The standard InChI is InChI=1S/C13H26N2O2/c1-11(10-17-4)9-12(16)15-7-5-13(2,14-3)6-8-15/h11,14H,5-10H2,1-4H3. The number of rotatable bonds is 5. The molecule has 1 fully saturated rings. The third-order valence-corrected chi connectivity index (χ3v) is 3.80. The zero-order valence-electron chi connectivity index (χ0n) is 11.6. The summed E-state index contributed by atoms with van der Waals surface area (Å²) >= 11 is 0. The maximum atomic E-state index is 12.0. The normalized spacial score (nSPS) is 21.3. The van der Waals surface area contributed by atoms with E-state index in [0.29, 0.717) is 18.9 Å². The van der Waals surface area contributed by atoms with Gasteiger partial charge in [-0.2, -0.15) is 0 Å². The third kappa shape index (κ3) is 4.28. The van der Waals surface area contributed by atoms with E-state index >= 15 is 0 Å². The van der Waals surface area contributed by atoms with Crippen LogP contribution in [0.3, 0.4) is 0 Å². The van der Waals surface area contributed by atoms with Gasteiger partial charge in [0.2, 0.25) is 5.91 Å². The molecule has 1 amide bonds. The molecule has 1 unspecified atom stereocenters. The lowest BCUT2D eigenvalue weighted by Gasteiger charge is -2.39. The first-order chi connectivity index (χ1) is 8.00. The number of likely N-dealkylation sites (tertiary alicyclic amines) is 1. The van der Waals surface area contributed by atoms with Crippen LogP contribution >= 0.6 is 0 Å². The van der Waals surface area contributed by atoms with Gasteiger partial charge in [0.05, 0.1) is 0 Å². The number of piperidine rings is 1. The lowest BCUT2D eigenvalue weighted by Crippen LogP contribution is -2.51. The van der Waals surface area contributed by atoms with Gasteiger partial charge in [-0.25, -0.2) is 0 Å². The van der Waals surface area contributed by atoms with Crippen LogP contribution in [-0.2, 0) is 9.53 Å². The molecule has 0 bridgehead atoms. The fourth-order valence-electron chi connectivity index (χ4n) is 2.27. The smallest absolute Gasteiger partial charge is 0.222 e. The summed E-state index contributed by atoms with van der Waals surface area (Å²) in [5, 5.41) is 3.34. The molecule has 0 aromatic heterocycles. The van der Waals surface area contributed by atoms with Crippen molar-refractivity contribution in [3.63, 3.8) is 0 Å². The summed E-state index contributed by atoms with van der Waals surface area (Å²) in [4.78, 5) is 14.0. The minimum atomic E-state index is 0.203. The Morgan fingerprint density at radius 3 is 2.53 bits per heavy atom. The van der Waals surface area contributed by atoms with E-state index in [-0.39, 0.29) is 11.4 Å². The summed E-state index contributed by atoms with van der Waals surface area (Å²) in [7, 11) is 3.68. The Balaban J connectivity index is 2.36. The highest BCUT2D eigenvalue weighted by Crippen LogP contribution is 2.22. The maximum Gasteiger partial charge on any atom is 0.222 e. The summed E-state index contributed by atoms with van der Waals surface area (Å²) in [6.07, 6.45) is 2.67. The van der Waals surface area contributed by atoms with Crippen molar-refractivity contribution in [1.82, 2.24) is 10.2 Å². The first-order valence-corrected chi connectivity index (χ1v) is 6.46. The second-order valence-electron chi connectivity index (χ2n) is 5.46. The number of nitrogens with zero attached hydrogens (tertiary/aromatic N) is 1. The molecular weight excluding hydrogens is 216 g/mol. The van der Waals surface area contributed by atoms with Crippen molar-refractivity contribution in [3.05, 3.63) is 0 Å². The monoisotopic (exact) mass is 242 g/mol. The van der Waals surface area contributed by atoms with Crippen LogP contribution in [0.25, 0.3) is 0 Å². The number of hydrogen-bond donors (Lipinski definition) is 1. The van der Waals surface area contributed by atoms with Crippen LogP contribution in [-0.4, -0.2) is 50.2 Å². The minimum Gasteiger partial charge on any atom is -0.384 e. The van der Waals surface area contributed by atoms with Crippen LogP contribution in [0.15, 0.2) is 0 Å². The lowest BCUT2D eigenvalue weighted by atomic mass is 9.89. The van der Waals surface area contributed by atoms with Gasteiger partial charge in [0.15, 0.2) is 0 Å². The first kappa shape index (κ1) is 14.5. The second kappa shape index (κ2) is 6.36. The molecule has 0 aromatic carbocycles. The molecule has 0 aromatic rings. The molecule has 1 saturated heterocycles. The van der Waals surface area contributed by atoms with Gasteiger partial charge in [-0.1, -0.05) is 6.92 Å². The van der Waals surface area contributed by atoms with Crippen molar-refractivity contribution in [2.24, 2.45) is 5.92 Å². The van der Waals surface area contributed by atoms with E-state index in [1.165, 1.54) is 0 Å². The Morgan fingerprint density at radius 2 is 2.06 bits per heavy atom. The van der Waals surface area contributed by atoms with E-state index < -0.39 is 0 Å². The highest BCUT2D eigenvalue weighted by molar-refractivity contribution is 5.76. The van der Waals surface area contributed by atoms with E-state index in [0.717, 1.165) is 25.9 Å². The maximum absolute atomic E-state index is 12.0. The van der Waals surface area contributed by atoms with Gasteiger partial charge < -0.3 is 15.0 Å². The number of methoxy groups -OCH3 is 1. The zero-order chi connectivity index (χ0) is 12.9. The molecular formula is C13H26N2O2. The minimum absolute atomic E-state index is 0.203. The molecule has 1 aliphatic rings. The molecule has 1 rings (SSSR count). The molecule has 100 valence electrons. The molecule has 4 nitrogen and oxygen atoms in total. The molecule has 0 saturated carbocycles. The van der Waals surface area contributed by atoms with Gasteiger partial charge in [-0.15, -0.1) is 0 Å². The van der Waals surface area contributed by atoms with Crippen LogP contribution in [0.1, 0.15) is 33.1 Å². The number of nitrogens with one attached hydrogen (secondary N) is 1. The summed E-state index contributed by atoms with van der Waals surface area (Å²) in [6, 6.07) is 0. The number of amides is 1. The number of hydrogen-bond acceptors (Lipinski definition) is 3. The van der Waals surface area contributed by atoms with E-state index in [9.17, 15) is 4.79 Å². The van der Waals surface area contributed by atoms with Crippen LogP contribution < -0.4 is 5.32 Å². The fraction of sp³-hybridized carbons (Fsp3) is 0.923. The number of ether oxygens (including phenoxy) is 1. The van der Waals surface area contributed by atoms with E-state index in [4.69, 9.17) is 4.74 Å². The van der Waals surface area contributed by atoms with Crippen LogP contribution in [0.4, 0.5) is 0 Å². The van der Waals surface area contributed by atoms with Crippen molar-refractivity contribution >= 4 is 5.91 Å². The Kier molecular flexibility index (Phi) is 5.40. The Morgan fingerprint density at radius 1 is 1.47 bits per heavy atom. The number of carbonyl (C=O) groups is 1. The summed E-state index contributed by atoms with van der Waals surface area (Å²) in [5.41, 5.74) is 0.203. The average Bonchev–Trinajstić information content (AvgIpc) is 2.30. The van der Waals surface area contributed by atoms with Crippen molar-refractivity contribution < 1.29 is 9.53 Å². The lowest BCUT2D eigenvalue weighted by molar-refractivity contribution is -0.134. The van der Waals surface area contributed by atoms with E-state index in [1.54, 1.807) is 7.11 Å². The fourth-order valence-corrected chi connectivity index (χ4v) is 2.27. The highest BCUT2D eigenvalue weighted by Gasteiger charge is 2.30. The van der Waals surface area contributed by atoms with E-state index in [1.807, 2.05) is 11.9 Å². The predicted octanol–water partition coefficient (Wildman–Crippen LogP) is 1.26. The first-order valence-electron chi connectivity index (χ1n) is 6.46. The van der Waals surface area contributed by atoms with Gasteiger partial charge in [-0.3, -0.25) is 4.79 Å². The topological polar surface area (TPSA) is 41.6 Å². The molecule has 1 heterocycles. The zero-order valence-corrected chi connectivity index (χ0v) is 11.6. The van der Waals surface area contributed by atoms with Crippen LogP contribution in [0.2, 0.25) is 0 Å². The third-order valence-electron chi connectivity index (χ3n) is 3.80. The predicted molar refractivity (Wildman–Crippen MR) is 68.9 cm³/mol. The molecule has 1 aliphatic heterocycles. The summed E-state index contributed by atoms with van der Waals surface area (Å²) in [6.45, 7) is 6.69. The summed E-state index contributed by atoms with van der Waals surface area (Å²) in [5.74, 6) is 0.581. The molecule has 17 heavy (non-hydrogen) atoms. The number of carbonyl (C=O) groups excluding carboxylic acids is 1. The SMILES string of the molecule is CNC1(C)CCN(C(=O)CC(C)COC)CC1. The van der Waals surface area contributed by atoms with Gasteiger partial charge in [0, 0.05) is 38.8 Å². The van der Waals surface area contributed by atoms with Gasteiger partial charge in [0.25, 0.3) is 0 Å². The van der Waals surface area contributed by atoms with Crippen molar-refractivity contribution in [2.45, 2.75) is 38.6 Å². The van der Waals surface area contributed by atoms with Crippen molar-refractivity contribution in [3.8, 4) is 0 Å². The molecule has 0 spiro atoms. The Hall–Kier alpha value is -0.610. The average molecular weight is 242 g/mol. The quantitative estimate of drug-likeness (QED) is 0.789. The van der Waals surface area contributed by atoms with Gasteiger partial charge in [-0.05, 0) is 32.7 Å². The van der Waals surface area contributed by atoms with Gasteiger partial charge >= 0.3 is 0 Å². The van der Waals surface area contributed by atoms with Crippen molar-refractivity contribution in [1.29, 1.82) is 0 Å². The molecule has 4 heteroatoms. The van der Waals surface area contributed by atoms with Gasteiger partial charge in [0.1, 0.15) is 0 Å². The largest absolute Gasteiger partial charge is 0.384 e. The van der Waals surface area contributed by atoms with Crippen LogP contribution in [0.5, 0.6) is 0 Å². The molecule has 0 radical (unpaired) electrons. The van der Waals surface area contributed by atoms with E-state index in [2.05, 4.69) is 19.2 Å². The molecule has 1 atom stereocenters. The van der Waals surface area contributed by atoms with Crippen LogP contribution in [0, 0.1) is 5.92 Å². The Labute approximate surface area is 105 Å². The second-order valence-corrected chi connectivity index (χ2v) is 5.46. The van der Waals surface area contributed by atoms with Crippen molar-refractivity contribution in [2.75, 3.05) is 33.9 Å². The molecule has 0 aliphatic carbocycles.